The van der Waals surface area contributed by atoms with Crippen LogP contribution >= 0.6 is 0 Å². The van der Waals surface area contributed by atoms with Gasteiger partial charge in [-0.1, -0.05) is 18.2 Å². The van der Waals surface area contributed by atoms with E-state index in [0.29, 0.717) is 18.5 Å². The number of benzene rings is 1. The van der Waals surface area contributed by atoms with Crippen molar-refractivity contribution in [1.29, 1.82) is 0 Å². The van der Waals surface area contributed by atoms with Crippen molar-refractivity contribution in [3.05, 3.63) is 35.6 Å². The van der Waals surface area contributed by atoms with Crippen LogP contribution in [-0.2, 0) is 11.2 Å². The van der Waals surface area contributed by atoms with Gasteiger partial charge in [-0.25, -0.2) is 4.39 Å². The van der Waals surface area contributed by atoms with Crippen LogP contribution in [0.25, 0.3) is 0 Å². The monoisotopic (exact) mass is 295 g/mol. The molecule has 0 saturated heterocycles. The van der Waals surface area contributed by atoms with E-state index in [1.807, 2.05) is 19.9 Å². The molecule has 118 valence electrons. The van der Waals surface area contributed by atoms with E-state index in [0.717, 1.165) is 25.5 Å². The number of hydrogen-bond donors (Lipinski definition) is 2. The van der Waals surface area contributed by atoms with Gasteiger partial charge < -0.3 is 15.4 Å². The number of ether oxygens (including phenoxy) is 1. The van der Waals surface area contributed by atoms with Crippen LogP contribution in [0.5, 0.6) is 0 Å². The average Bonchev–Trinajstić information content (AvgIpc) is 2.46. The first-order chi connectivity index (χ1) is 10.1. The molecule has 0 aliphatic heterocycles. The van der Waals surface area contributed by atoms with Gasteiger partial charge in [-0.2, -0.15) is 0 Å². The number of halogens is 1. The quantitative estimate of drug-likeness (QED) is 0.440. The minimum absolute atomic E-state index is 0.159. The van der Waals surface area contributed by atoms with Gasteiger partial charge in [0.2, 0.25) is 0 Å². The molecule has 0 heterocycles. The van der Waals surface area contributed by atoms with Crippen molar-refractivity contribution >= 4 is 5.96 Å². The zero-order valence-corrected chi connectivity index (χ0v) is 13.2. The first-order valence-corrected chi connectivity index (χ1v) is 7.43. The van der Waals surface area contributed by atoms with Gasteiger partial charge in [0.15, 0.2) is 5.96 Å². The summed E-state index contributed by atoms with van der Waals surface area (Å²) >= 11 is 0. The zero-order chi connectivity index (χ0) is 15.5. The van der Waals surface area contributed by atoms with Crippen LogP contribution in [0.4, 0.5) is 4.39 Å². The summed E-state index contributed by atoms with van der Waals surface area (Å²) in [6, 6.07) is 6.83. The zero-order valence-electron chi connectivity index (χ0n) is 13.2. The molecule has 0 unspecified atom stereocenters. The van der Waals surface area contributed by atoms with Crippen molar-refractivity contribution in [3.8, 4) is 0 Å². The Hall–Kier alpha value is -1.62. The molecule has 1 aromatic carbocycles. The Morgan fingerprint density at radius 2 is 1.95 bits per heavy atom. The summed E-state index contributed by atoms with van der Waals surface area (Å²) < 4.78 is 18.9. The summed E-state index contributed by atoms with van der Waals surface area (Å²) in [7, 11) is 1.73. The second-order valence-electron chi connectivity index (χ2n) is 5.04. The lowest BCUT2D eigenvalue weighted by Crippen LogP contribution is -2.39. The Kier molecular flexibility index (Phi) is 8.43. The predicted octanol–water partition coefficient (Wildman–Crippen LogP) is 2.35. The number of nitrogens with zero attached hydrogens (tertiary/aromatic N) is 1. The molecule has 0 aromatic heterocycles. The molecule has 1 rings (SSSR count). The van der Waals surface area contributed by atoms with E-state index in [4.69, 9.17) is 4.74 Å². The maximum atomic E-state index is 13.5. The van der Waals surface area contributed by atoms with E-state index in [9.17, 15) is 4.39 Å². The third-order valence-electron chi connectivity index (χ3n) is 2.93. The van der Waals surface area contributed by atoms with Crippen molar-refractivity contribution in [3.63, 3.8) is 0 Å². The van der Waals surface area contributed by atoms with Gasteiger partial charge in [-0.05, 0) is 38.3 Å². The molecular weight excluding hydrogens is 269 g/mol. The Morgan fingerprint density at radius 1 is 1.24 bits per heavy atom. The maximum absolute atomic E-state index is 13.5. The van der Waals surface area contributed by atoms with Gasteiger partial charge in [0.25, 0.3) is 0 Å². The maximum Gasteiger partial charge on any atom is 0.190 e. The third kappa shape index (κ3) is 7.66. The fraction of sp³-hybridized carbons (Fsp3) is 0.562. The number of guanidine groups is 1. The van der Waals surface area contributed by atoms with E-state index in [-0.39, 0.29) is 11.9 Å². The summed E-state index contributed by atoms with van der Waals surface area (Å²) in [5.41, 5.74) is 0.714. The second kappa shape index (κ2) is 10.2. The molecule has 0 radical (unpaired) electrons. The fourth-order valence-electron chi connectivity index (χ4n) is 1.84. The topological polar surface area (TPSA) is 45.7 Å². The largest absolute Gasteiger partial charge is 0.379 e. The number of rotatable bonds is 8. The van der Waals surface area contributed by atoms with E-state index in [1.165, 1.54) is 6.07 Å². The molecule has 0 amide bonds. The lowest BCUT2D eigenvalue weighted by atomic mass is 10.1. The molecular formula is C16H26FN3O. The highest BCUT2D eigenvalue weighted by atomic mass is 19.1. The number of hydrogen-bond acceptors (Lipinski definition) is 2. The second-order valence-corrected chi connectivity index (χ2v) is 5.04. The average molecular weight is 295 g/mol. The van der Waals surface area contributed by atoms with Gasteiger partial charge in [0.1, 0.15) is 5.82 Å². The summed E-state index contributed by atoms with van der Waals surface area (Å²) in [5, 5.41) is 6.39. The lowest BCUT2D eigenvalue weighted by Gasteiger charge is -2.12. The minimum atomic E-state index is -0.159. The standard InChI is InChI=1S/C16H26FN3O/c1-13(2)21-12-6-10-19-16(18-3)20-11-9-14-7-4-5-8-15(14)17/h4-5,7-8,13H,6,9-12H2,1-3H3,(H2,18,19,20). The van der Waals surface area contributed by atoms with Crippen LogP contribution < -0.4 is 10.6 Å². The molecule has 0 atom stereocenters. The molecule has 4 nitrogen and oxygen atoms in total. The van der Waals surface area contributed by atoms with Crippen LogP contribution in [-0.4, -0.2) is 38.8 Å². The Morgan fingerprint density at radius 3 is 2.62 bits per heavy atom. The van der Waals surface area contributed by atoms with Crippen LogP contribution in [0.1, 0.15) is 25.8 Å². The third-order valence-corrected chi connectivity index (χ3v) is 2.93. The molecule has 5 heteroatoms. The highest BCUT2D eigenvalue weighted by molar-refractivity contribution is 5.79. The highest BCUT2D eigenvalue weighted by Crippen LogP contribution is 2.05. The van der Waals surface area contributed by atoms with Crippen LogP contribution in [0.2, 0.25) is 0 Å². The molecule has 0 spiro atoms. The predicted molar refractivity (Wildman–Crippen MR) is 85.2 cm³/mol. The van der Waals surface area contributed by atoms with Gasteiger partial charge >= 0.3 is 0 Å². The first-order valence-electron chi connectivity index (χ1n) is 7.43. The summed E-state index contributed by atoms with van der Waals surface area (Å²) in [4.78, 5) is 4.13. The van der Waals surface area contributed by atoms with E-state index in [1.54, 1.807) is 19.2 Å². The van der Waals surface area contributed by atoms with Crippen molar-refractivity contribution < 1.29 is 9.13 Å². The molecule has 0 aliphatic carbocycles. The van der Waals surface area contributed by atoms with Crippen molar-refractivity contribution in [1.82, 2.24) is 10.6 Å². The van der Waals surface area contributed by atoms with Crippen LogP contribution in [0.3, 0.4) is 0 Å². The summed E-state index contributed by atoms with van der Waals surface area (Å²) in [5.74, 6) is 0.573. The Labute approximate surface area is 126 Å². The van der Waals surface area contributed by atoms with Gasteiger partial charge in [0.05, 0.1) is 6.10 Å². The number of aliphatic imine (C=N–C) groups is 1. The normalized spacial score (nSPS) is 11.8. The van der Waals surface area contributed by atoms with E-state index in [2.05, 4.69) is 15.6 Å². The minimum Gasteiger partial charge on any atom is -0.379 e. The van der Waals surface area contributed by atoms with Crippen molar-refractivity contribution in [2.75, 3.05) is 26.7 Å². The molecule has 0 aliphatic rings. The Bertz CT molecular complexity index is 435. The van der Waals surface area contributed by atoms with Crippen molar-refractivity contribution in [2.45, 2.75) is 32.8 Å². The molecule has 21 heavy (non-hydrogen) atoms. The summed E-state index contributed by atoms with van der Waals surface area (Å²) in [6.07, 6.45) is 1.82. The molecule has 0 fully saturated rings. The van der Waals surface area contributed by atoms with Gasteiger partial charge in [-0.15, -0.1) is 0 Å². The SMILES string of the molecule is CN=C(NCCCOC(C)C)NCCc1ccccc1F. The van der Waals surface area contributed by atoms with Gasteiger partial charge in [0, 0.05) is 26.7 Å². The van der Waals surface area contributed by atoms with Crippen molar-refractivity contribution in [2.24, 2.45) is 4.99 Å². The van der Waals surface area contributed by atoms with E-state index >= 15 is 0 Å². The fourth-order valence-corrected chi connectivity index (χ4v) is 1.84. The van der Waals surface area contributed by atoms with Crippen LogP contribution in [0, 0.1) is 5.82 Å². The smallest absolute Gasteiger partial charge is 0.190 e. The molecule has 0 bridgehead atoms. The Balaban J connectivity index is 2.18. The first kappa shape index (κ1) is 17.4. The molecule has 0 saturated carbocycles. The highest BCUT2D eigenvalue weighted by Gasteiger charge is 2.01. The molecule has 2 N–H and O–H groups in total. The lowest BCUT2D eigenvalue weighted by molar-refractivity contribution is 0.0776. The van der Waals surface area contributed by atoms with Gasteiger partial charge in [-0.3, -0.25) is 4.99 Å². The summed E-state index contributed by atoms with van der Waals surface area (Å²) in [6.45, 7) is 6.22. The number of nitrogens with one attached hydrogen (secondary N) is 2. The molecule has 1 aromatic rings. The van der Waals surface area contributed by atoms with Crippen LogP contribution in [0.15, 0.2) is 29.3 Å². The van der Waals surface area contributed by atoms with E-state index < -0.39 is 0 Å².